The molecule has 0 unspecified atom stereocenters. The number of fused-ring (bicyclic) bond motifs is 7. The molecule has 5 aliphatic carbocycles. The SMILES string of the molecule is CC(=O)OC[C@@]1(C)[C@@H]2CC[C@]3(C)[C@H](CC=C4[C@H]5[C@](C(=O)O)(CC[C@@H](C)[C@@]5(C)O)CC[C@]43C)[C@@]2(C)CC[C@@H]1OC(C)=O. The van der Waals surface area contributed by atoms with Crippen molar-refractivity contribution in [3.05, 3.63) is 11.6 Å². The molecule has 0 amide bonds. The summed E-state index contributed by atoms with van der Waals surface area (Å²) in [5.41, 5.74) is -1.71. The predicted molar refractivity (Wildman–Crippen MR) is 155 cm³/mol. The molecular formula is C34H52O7. The van der Waals surface area contributed by atoms with Crippen molar-refractivity contribution in [3.63, 3.8) is 0 Å². The molecule has 0 aromatic heterocycles. The van der Waals surface area contributed by atoms with Crippen molar-refractivity contribution in [2.45, 2.75) is 125 Å². The zero-order valence-corrected chi connectivity index (χ0v) is 26.5. The maximum absolute atomic E-state index is 13.0. The van der Waals surface area contributed by atoms with Crippen LogP contribution in [0, 0.1) is 50.7 Å². The van der Waals surface area contributed by atoms with E-state index in [0.717, 1.165) is 44.9 Å². The van der Waals surface area contributed by atoms with E-state index in [-0.39, 0.29) is 52.7 Å². The van der Waals surface area contributed by atoms with Crippen molar-refractivity contribution in [1.82, 2.24) is 0 Å². The number of allylic oxidation sites excluding steroid dienone is 1. The Kier molecular flexibility index (Phi) is 7.12. The average molecular weight is 573 g/mol. The normalized spacial score (nSPS) is 50.7. The number of rotatable bonds is 4. The Morgan fingerprint density at radius 1 is 0.902 bits per heavy atom. The minimum Gasteiger partial charge on any atom is -0.481 e. The third kappa shape index (κ3) is 4.03. The molecule has 0 radical (unpaired) electrons. The first-order valence-corrected chi connectivity index (χ1v) is 15.9. The lowest BCUT2D eigenvalue weighted by Gasteiger charge is -2.71. The van der Waals surface area contributed by atoms with Gasteiger partial charge < -0.3 is 19.7 Å². The second-order valence-corrected chi connectivity index (χ2v) is 15.8. The molecule has 0 heterocycles. The van der Waals surface area contributed by atoms with Crippen molar-refractivity contribution in [2.75, 3.05) is 6.61 Å². The topological polar surface area (TPSA) is 110 Å². The van der Waals surface area contributed by atoms with Gasteiger partial charge in [-0.25, -0.2) is 0 Å². The van der Waals surface area contributed by atoms with E-state index in [1.165, 1.54) is 19.4 Å². The van der Waals surface area contributed by atoms with Gasteiger partial charge in [0.2, 0.25) is 0 Å². The van der Waals surface area contributed by atoms with Crippen LogP contribution in [-0.4, -0.2) is 46.4 Å². The van der Waals surface area contributed by atoms with Gasteiger partial charge in [-0.1, -0.05) is 46.3 Å². The van der Waals surface area contributed by atoms with Crippen LogP contribution in [-0.2, 0) is 23.9 Å². The summed E-state index contributed by atoms with van der Waals surface area (Å²) in [5.74, 6) is -1.22. The summed E-state index contributed by atoms with van der Waals surface area (Å²) in [6.45, 7) is 16.4. The number of ether oxygens (including phenoxy) is 2. The number of hydrogen-bond acceptors (Lipinski definition) is 6. The Morgan fingerprint density at radius 2 is 1.59 bits per heavy atom. The van der Waals surface area contributed by atoms with Crippen LogP contribution >= 0.6 is 0 Å². The van der Waals surface area contributed by atoms with Crippen LogP contribution in [0.1, 0.15) is 113 Å². The van der Waals surface area contributed by atoms with E-state index in [9.17, 15) is 24.6 Å². The van der Waals surface area contributed by atoms with Gasteiger partial charge in [0.15, 0.2) is 0 Å². The van der Waals surface area contributed by atoms with Gasteiger partial charge in [0, 0.05) is 25.2 Å². The highest BCUT2D eigenvalue weighted by Crippen LogP contribution is 2.76. The van der Waals surface area contributed by atoms with Crippen LogP contribution in [0.3, 0.4) is 0 Å². The molecule has 4 saturated carbocycles. The minimum atomic E-state index is -1.08. The van der Waals surface area contributed by atoms with Gasteiger partial charge in [-0.15, -0.1) is 0 Å². The fourth-order valence-electron chi connectivity index (χ4n) is 11.5. The van der Waals surface area contributed by atoms with E-state index in [4.69, 9.17) is 9.47 Å². The molecule has 5 aliphatic rings. The van der Waals surface area contributed by atoms with E-state index in [0.29, 0.717) is 18.8 Å². The summed E-state index contributed by atoms with van der Waals surface area (Å²) in [6, 6.07) is 0. The molecule has 0 spiro atoms. The number of aliphatic carboxylic acids is 1. The molecule has 0 aliphatic heterocycles. The number of carboxylic acid groups (broad SMARTS) is 1. The van der Waals surface area contributed by atoms with Crippen LogP contribution in [0.5, 0.6) is 0 Å². The molecule has 11 atom stereocenters. The van der Waals surface area contributed by atoms with E-state index in [1.54, 1.807) is 0 Å². The summed E-state index contributed by atoms with van der Waals surface area (Å²) in [4.78, 5) is 37.0. The van der Waals surface area contributed by atoms with Gasteiger partial charge in [0.05, 0.1) is 11.0 Å². The Morgan fingerprint density at radius 3 is 2.20 bits per heavy atom. The molecule has 4 fully saturated rings. The third-order valence-corrected chi connectivity index (χ3v) is 14.1. The van der Waals surface area contributed by atoms with Gasteiger partial charge in [-0.3, -0.25) is 14.4 Å². The Labute approximate surface area is 245 Å². The summed E-state index contributed by atoms with van der Waals surface area (Å²) >= 11 is 0. The fraction of sp³-hybridized carbons (Fsp3) is 0.853. The van der Waals surface area contributed by atoms with Crippen molar-refractivity contribution >= 4 is 17.9 Å². The second-order valence-electron chi connectivity index (χ2n) is 15.8. The lowest BCUT2D eigenvalue weighted by atomic mass is 9.33. The summed E-state index contributed by atoms with van der Waals surface area (Å²) in [7, 11) is 0. The maximum atomic E-state index is 13.0. The highest BCUT2D eigenvalue weighted by atomic mass is 16.6. The van der Waals surface area contributed by atoms with Crippen molar-refractivity contribution in [2.24, 2.45) is 50.7 Å². The molecule has 5 rings (SSSR count). The highest BCUT2D eigenvalue weighted by Gasteiger charge is 2.72. The monoisotopic (exact) mass is 572 g/mol. The smallest absolute Gasteiger partial charge is 0.310 e. The molecule has 230 valence electrons. The van der Waals surface area contributed by atoms with E-state index < -0.39 is 28.3 Å². The summed E-state index contributed by atoms with van der Waals surface area (Å²) < 4.78 is 11.6. The van der Waals surface area contributed by atoms with Gasteiger partial charge in [-0.2, -0.15) is 0 Å². The van der Waals surface area contributed by atoms with E-state index in [2.05, 4.69) is 40.7 Å². The number of aliphatic hydroxyl groups is 1. The first-order valence-electron chi connectivity index (χ1n) is 15.9. The molecule has 7 nitrogen and oxygen atoms in total. The molecule has 2 N–H and O–H groups in total. The van der Waals surface area contributed by atoms with Crippen LogP contribution in [0.15, 0.2) is 11.6 Å². The lowest BCUT2D eigenvalue weighted by molar-refractivity contribution is -0.232. The van der Waals surface area contributed by atoms with Crippen LogP contribution in [0.25, 0.3) is 0 Å². The first kappa shape index (κ1) is 30.6. The number of esters is 2. The van der Waals surface area contributed by atoms with Crippen LogP contribution < -0.4 is 0 Å². The quantitative estimate of drug-likeness (QED) is 0.300. The highest BCUT2D eigenvalue weighted by molar-refractivity contribution is 5.77. The van der Waals surface area contributed by atoms with Crippen molar-refractivity contribution in [3.8, 4) is 0 Å². The Hall–Kier alpha value is -1.89. The van der Waals surface area contributed by atoms with Crippen molar-refractivity contribution in [1.29, 1.82) is 0 Å². The second kappa shape index (κ2) is 9.56. The Balaban J connectivity index is 1.59. The van der Waals surface area contributed by atoms with Gasteiger partial charge >= 0.3 is 17.9 Å². The largest absolute Gasteiger partial charge is 0.481 e. The molecule has 0 aromatic carbocycles. The molecular weight excluding hydrogens is 520 g/mol. The number of hydrogen-bond donors (Lipinski definition) is 2. The zero-order valence-electron chi connectivity index (χ0n) is 26.5. The first-order chi connectivity index (χ1) is 18.9. The molecule has 0 aromatic rings. The summed E-state index contributed by atoms with van der Waals surface area (Å²) in [6.07, 6.45) is 9.13. The molecule has 0 saturated heterocycles. The minimum absolute atomic E-state index is 0.0283. The average Bonchev–Trinajstić information content (AvgIpc) is 2.87. The lowest BCUT2D eigenvalue weighted by Crippen LogP contribution is -2.68. The molecule has 0 bridgehead atoms. The molecule has 7 heteroatoms. The molecule has 41 heavy (non-hydrogen) atoms. The van der Waals surface area contributed by atoms with Gasteiger partial charge in [0.25, 0.3) is 0 Å². The third-order valence-electron chi connectivity index (χ3n) is 14.1. The van der Waals surface area contributed by atoms with Crippen LogP contribution in [0.2, 0.25) is 0 Å². The maximum Gasteiger partial charge on any atom is 0.310 e. The van der Waals surface area contributed by atoms with E-state index >= 15 is 0 Å². The van der Waals surface area contributed by atoms with Gasteiger partial charge in [0.1, 0.15) is 12.7 Å². The van der Waals surface area contributed by atoms with Crippen molar-refractivity contribution < 1.29 is 34.1 Å². The fourth-order valence-corrected chi connectivity index (χ4v) is 11.5. The zero-order chi connectivity index (χ0) is 30.4. The standard InChI is InChI=1S/C34H52O7/c1-20-11-16-34(28(37)38)18-17-31(6)23(27(34)33(20,8)39)9-10-25-29(4)14-13-26(41-22(3)36)30(5,19-40-21(2)35)24(29)12-15-32(25,31)7/h9,20,24-27,39H,10-19H2,1-8H3,(H,37,38)/t20-,24-,25-,26+,27-,29+,30+,31-,32-,33-,34+/m1/s1. The van der Waals surface area contributed by atoms with E-state index in [1.807, 2.05) is 6.92 Å². The van der Waals surface area contributed by atoms with Gasteiger partial charge in [-0.05, 0) is 98.7 Å². The number of carboxylic acids is 1. The number of carbonyl (C=O) groups excluding carboxylic acids is 2. The predicted octanol–water partition coefficient (Wildman–Crippen LogP) is 6.32. The Bertz CT molecular complexity index is 1160. The van der Waals surface area contributed by atoms with Crippen LogP contribution in [0.4, 0.5) is 0 Å². The number of carbonyl (C=O) groups is 3. The summed E-state index contributed by atoms with van der Waals surface area (Å²) in [5, 5.41) is 22.6.